The van der Waals surface area contributed by atoms with Gasteiger partial charge in [0.2, 0.25) is 0 Å². The van der Waals surface area contributed by atoms with E-state index in [1.54, 1.807) is 25.6 Å². The summed E-state index contributed by atoms with van der Waals surface area (Å²) in [6.45, 7) is 0.880. The molecule has 0 spiro atoms. The zero-order chi connectivity index (χ0) is 14.8. The summed E-state index contributed by atoms with van der Waals surface area (Å²) in [4.78, 5) is 6.22. The van der Waals surface area contributed by atoms with Gasteiger partial charge < -0.3 is 14.8 Å². The zero-order valence-electron chi connectivity index (χ0n) is 12.6. The summed E-state index contributed by atoms with van der Waals surface area (Å²) < 4.78 is 10.7. The predicted octanol–water partition coefficient (Wildman–Crippen LogP) is 3.42. The van der Waals surface area contributed by atoms with Crippen LogP contribution >= 0.6 is 11.3 Å². The number of hydrogen-bond acceptors (Lipinski definition) is 5. The molecule has 1 saturated carbocycles. The maximum absolute atomic E-state index is 5.35. The van der Waals surface area contributed by atoms with Gasteiger partial charge in [0.25, 0.3) is 0 Å². The maximum atomic E-state index is 5.35. The molecule has 1 aliphatic rings. The summed E-state index contributed by atoms with van der Waals surface area (Å²) in [6, 6.07) is 5.91. The third-order valence-corrected chi connectivity index (χ3v) is 4.75. The minimum absolute atomic E-state index is 0.658. The van der Waals surface area contributed by atoms with Crippen LogP contribution < -0.4 is 14.8 Å². The molecule has 0 bridgehead atoms. The number of benzene rings is 1. The summed E-state index contributed by atoms with van der Waals surface area (Å²) in [7, 11) is 5.32. The molecule has 0 atom stereocenters. The van der Waals surface area contributed by atoms with Crippen LogP contribution in [0.15, 0.2) is 18.2 Å². The van der Waals surface area contributed by atoms with Gasteiger partial charge in [-0.15, -0.1) is 11.3 Å². The number of rotatable bonds is 6. The first-order valence-corrected chi connectivity index (χ1v) is 7.94. The Morgan fingerprint density at radius 3 is 2.38 bits per heavy atom. The minimum Gasteiger partial charge on any atom is -0.497 e. The fraction of sp³-hybridized carbons (Fsp3) is 0.438. The summed E-state index contributed by atoms with van der Waals surface area (Å²) in [6.07, 6.45) is 2.53. The van der Waals surface area contributed by atoms with Crippen LogP contribution in [0, 0.1) is 0 Å². The molecule has 1 aromatic heterocycles. The number of nitrogens with zero attached hydrogens (tertiary/aromatic N) is 1. The fourth-order valence-electron chi connectivity index (χ4n) is 2.38. The molecule has 1 aliphatic carbocycles. The van der Waals surface area contributed by atoms with Crippen molar-refractivity contribution >= 4 is 11.3 Å². The van der Waals surface area contributed by atoms with Crippen molar-refractivity contribution in [2.75, 3.05) is 21.3 Å². The largest absolute Gasteiger partial charge is 0.497 e. The Morgan fingerprint density at radius 1 is 1.19 bits per heavy atom. The second-order valence-electron chi connectivity index (χ2n) is 5.23. The lowest BCUT2D eigenvalue weighted by Crippen LogP contribution is -2.05. The van der Waals surface area contributed by atoms with E-state index in [0.717, 1.165) is 28.6 Å². The molecular formula is C16H20N2O2S. The molecule has 0 radical (unpaired) electrons. The van der Waals surface area contributed by atoms with Gasteiger partial charge in [0.05, 0.1) is 19.9 Å². The number of thiazole rings is 1. The molecule has 5 heteroatoms. The van der Waals surface area contributed by atoms with E-state index in [4.69, 9.17) is 14.5 Å². The lowest BCUT2D eigenvalue weighted by molar-refractivity contribution is 0.394. The summed E-state index contributed by atoms with van der Waals surface area (Å²) >= 11 is 1.76. The Morgan fingerprint density at radius 2 is 1.86 bits per heavy atom. The molecule has 1 fully saturated rings. The lowest BCUT2D eigenvalue weighted by Gasteiger charge is -2.06. The number of aromatic nitrogens is 1. The van der Waals surface area contributed by atoms with Crippen molar-refractivity contribution in [1.82, 2.24) is 10.3 Å². The summed E-state index contributed by atoms with van der Waals surface area (Å²) in [5.41, 5.74) is 2.33. The molecule has 0 aliphatic heterocycles. The maximum Gasteiger partial charge on any atom is 0.124 e. The van der Waals surface area contributed by atoms with Gasteiger partial charge in [-0.3, -0.25) is 0 Å². The third kappa shape index (κ3) is 3.04. The summed E-state index contributed by atoms with van der Waals surface area (Å²) in [5.74, 6) is 2.25. The molecule has 2 aromatic rings. The quantitative estimate of drug-likeness (QED) is 0.888. The number of hydrogen-bond donors (Lipinski definition) is 1. The zero-order valence-corrected chi connectivity index (χ0v) is 13.4. The van der Waals surface area contributed by atoms with Gasteiger partial charge in [-0.2, -0.15) is 0 Å². The van der Waals surface area contributed by atoms with Crippen molar-refractivity contribution in [3.63, 3.8) is 0 Å². The van der Waals surface area contributed by atoms with Crippen molar-refractivity contribution < 1.29 is 9.47 Å². The Bertz CT molecular complexity index is 613. The van der Waals surface area contributed by atoms with E-state index in [1.807, 2.05) is 25.2 Å². The van der Waals surface area contributed by atoms with Crippen molar-refractivity contribution in [1.29, 1.82) is 0 Å². The van der Waals surface area contributed by atoms with E-state index in [9.17, 15) is 0 Å². The molecule has 0 amide bonds. The van der Waals surface area contributed by atoms with Crippen LogP contribution in [0.2, 0.25) is 0 Å². The van der Waals surface area contributed by atoms with Crippen LogP contribution in [0.25, 0.3) is 10.6 Å². The highest BCUT2D eigenvalue weighted by Crippen LogP contribution is 2.44. The number of nitrogens with one attached hydrogen (secondary N) is 1. The molecule has 0 saturated heterocycles. The first kappa shape index (κ1) is 14.4. The van der Waals surface area contributed by atoms with E-state index in [-0.39, 0.29) is 0 Å². The van der Waals surface area contributed by atoms with Crippen LogP contribution in [-0.4, -0.2) is 26.3 Å². The highest BCUT2D eigenvalue weighted by Gasteiger charge is 2.29. The van der Waals surface area contributed by atoms with Gasteiger partial charge in [0.15, 0.2) is 0 Å². The second kappa shape index (κ2) is 6.03. The van der Waals surface area contributed by atoms with Crippen molar-refractivity contribution in [3.05, 3.63) is 28.8 Å². The number of ether oxygens (including phenoxy) is 2. The second-order valence-corrected chi connectivity index (χ2v) is 6.32. The molecule has 0 unspecified atom stereocenters. The van der Waals surface area contributed by atoms with Gasteiger partial charge in [0.1, 0.15) is 16.5 Å². The Hall–Kier alpha value is -1.59. The Kier molecular flexibility index (Phi) is 4.12. The van der Waals surface area contributed by atoms with Crippen LogP contribution in [-0.2, 0) is 6.54 Å². The van der Waals surface area contributed by atoms with Crippen LogP contribution in [0.3, 0.4) is 0 Å². The molecule has 112 valence electrons. The average Bonchev–Trinajstić information content (AvgIpc) is 3.28. The minimum atomic E-state index is 0.658. The molecular weight excluding hydrogens is 284 g/mol. The summed E-state index contributed by atoms with van der Waals surface area (Å²) in [5, 5.41) is 4.28. The topological polar surface area (TPSA) is 43.4 Å². The monoisotopic (exact) mass is 304 g/mol. The number of methoxy groups -OCH3 is 2. The van der Waals surface area contributed by atoms with E-state index in [0.29, 0.717) is 5.92 Å². The Balaban J connectivity index is 2.01. The SMILES string of the molecule is CNCc1sc(-c2cc(OC)cc(OC)c2)nc1C1CC1. The highest BCUT2D eigenvalue weighted by molar-refractivity contribution is 7.15. The molecule has 1 aromatic carbocycles. The fourth-order valence-corrected chi connectivity index (χ4v) is 3.53. The van der Waals surface area contributed by atoms with E-state index < -0.39 is 0 Å². The van der Waals surface area contributed by atoms with Crippen LogP contribution in [0.1, 0.15) is 29.3 Å². The van der Waals surface area contributed by atoms with E-state index in [1.165, 1.54) is 23.4 Å². The van der Waals surface area contributed by atoms with Crippen molar-refractivity contribution in [2.45, 2.75) is 25.3 Å². The average molecular weight is 304 g/mol. The van der Waals surface area contributed by atoms with Crippen molar-refractivity contribution in [3.8, 4) is 22.1 Å². The first-order chi connectivity index (χ1) is 10.2. The third-order valence-electron chi connectivity index (χ3n) is 3.63. The lowest BCUT2D eigenvalue weighted by atomic mass is 10.2. The van der Waals surface area contributed by atoms with Gasteiger partial charge in [-0.1, -0.05) is 0 Å². The van der Waals surface area contributed by atoms with E-state index >= 15 is 0 Å². The van der Waals surface area contributed by atoms with Gasteiger partial charge >= 0.3 is 0 Å². The molecule has 3 rings (SSSR count). The molecule has 1 heterocycles. The molecule has 4 nitrogen and oxygen atoms in total. The van der Waals surface area contributed by atoms with E-state index in [2.05, 4.69) is 5.32 Å². The smallest absolute Gasteiger partial charge is 0.124 e. The van der Waals surface area contributed by atoms with Crippen molar-refractivity contribution in [2.24, 2.45) is 0 Å². The Labute approximate surface area is 129 Å². The standard InChI is InChI=1S/C16H20N2O2S/c1-17-9-14-15(10-4-5-10)18-16(21-14)11-6-12(19-2)8-13(7-11)20-3/h6-8,10,17H,4-5,9H2,1-3H3. The first-order valence-electron chi connectivity index (χ1n) is 7.12. The predicted molar refractivity (Wildman–Crippen MR) is 85.4 cm³/mol. The molecule has 21 heavy (non-hydrogen) atoms. The van der Waals surface area contributed by atoms with Gasteiger partial charge in [-0.05, 0) is 32.0 Å². The van der Waals surface area contributed by atoms with Gasteiger partial charge in [-0.25, -0.2) is 4.98 Å². The normalized spacial score (nSPS) is 14.2. The molecule has 1 N–H and O–H groups in total. The van der Waals surface area contributed by atoms with Crippen LogP contribution in [0.4, 0.5) is 0 Å². The highest BCUT2D eigenvalue weighted by atomic mass is 32.1. The van der Waals surface area contributed by atoms with Crippen LogP contribution in [0.5, 0.6) is 11.5 Å². The van der Waals surface area contributed by atoms with Gasteiger partial charge in [0, 0.05) is 29.0 Å².